The molecule has 0 atom stereocenters. The molecule has 0 radical (unpaired) electrons. The highest BCUT2D eigenvalue weighted by Crippen LogP contribution is 2.29. The van der Waals surface area contributed by atoms with Gasteiger partial charge in [0, 0.05) is 11.1 Å². The first kappa shape index (κ1) is 14.0. The number of nitriles is 1. The van der Waals surface area contributed by atoms with Crippen molar-refractivity contribution in [3.05, 3.63) is 89.5 Å². The summed E-state index contributed by atoms with van der Waals surface area (Å²) in [5, 5.41) is 9.09. The Balaban J connectivity index is 1.95. The lowest BCUT2D eigenvalue weighted by atomic mass is 10.0. The third kappa shape index (κ3) is 2.75. The van der Waals surface area contributed by atoms with Gasteiger partial charge < -0.3 is 0 Å². The van der Waals surface area contributed by atoms with E-state index in [9.17, 15) is 0 Å². The highest BCUT2D eigenvalue weighted by molar-refractivity contribution is 6.25. The molecule has 2 aromatic rings. The summed E-state index contributed by atoms with van der Waals surface area (Å²) < 4.78 is 0. The minimum Gasteiger partial charge on any atom is -0.240 e. The Kier molecular flexibility index (Phi) is 3.98. The quantitative estimate of drug-likeness (QED) is 0.924. The molecule has 0 spiro atoms. The summed E-state index contributed by atoms with van der Waals surface area (Å²) in [4.78, 5) is 3.53. The van der Waals surface area contributed by atoms with Crippen LogP contribution in [0.3, 0.4) is 0 Å². The molecule has 0 aliphatic heterocycles. The van der Waals surface area contributed by atoms with E-state index in [2.05, 4.69) is 29.8 Å². The Bertz CT molecular complexity index is 805. The van der Waals surface area contributed by atoms with Gasteiger partial charge in [-0.2, -0.15) is 5.26 Å². The molecular weight excluding hydrogens is 268 g/mol. The normalized spacial score (nSPS) is 16.5. The third-order valence-corrected chi connectivity index (χ3v) is 3.85. The topological polar surface area (TPSA) is 37.8 Å². The number of fused-ring (bicyclic) bond motifs is 1. The largest absolute Gasteiger partial charge is 0.240 e. The molecule has 0 fully saturated rings. The van der Waals surface area contributed by atoms with E-state index in [0.29, 0.717) is 5.56 Å². The van der Waals surface area contributed by atoms with Gasteiger partial charge in [-0.05, 0) is 29.3 Å². The lowest BCUT2D eigenvalue weighted by Crippen LogP contribution is -2.71. The van der Waals surface area contributed by atoms with Crippen LogP contribution in [0.4, 0.5) is 0 Å². The summed E-state index contributed by atoms with van der Waals surface area (Å²) in [6, 6.07) is 18.4. The number of allylic oxidation sites excluding steroid dienone is 3. The minimum absolute atomic E-state index is 0.693. The number of rotatable bonds is 3. The van der Waals surface area contributed by atoms with Gasteiger partial charge in [-0.25, -0.2) is 4.99 Å². The molecule has 3 rings (SSSR count). The van der Waals surface area contributed by atoms with E-state index in [4.69, 9.17) is 5.26 Å². The number of hydrogen-bond donors (Lipinski definition) is 1. The number of benzene rings is 2. The molecule has 0 bridgehead atoms. The summed E-state index contributed by atoms with van der Waals surface area (Å²) in [7, 11) is 0. The maximum absolute atomic E-state index is 9.09. The Morgan fingerprint density at radius 3 is 2.73 bits per heavy atom. The average molecular weight is 285 g/mol. The van der Waals surface area contributed by atoms with Gasteiger partial charge in [0.15, 0.2) is 12.3 Å². The minimum atomic E-state index is 0.693. The van der Waals surface area contributed by atoms with E-state index in [1.807, 2.05) is 42.5 Å². The zero-order chi connectivity index (χ0) is 15.4. The average Bonchev–Trinajstić information content (AvgIpc) is 2.91. The van der Waals surface area contributed by atoms with Crippen LogP contribution in [0.25, 0.3) is 5.57 Å². The molecule has 2 aromatic carbocycles. The van der Waals surface area contributed by atoms with E-state index in [0.717, 1.165) is 24.1 Å². The molecule has 1 aliphatic carbocycles. The Hall–Kier alpha value is -2.92. The summed E-state index contributed by atoms with van der Waals surface area (Å²) in [5.74, 6) is 0. The van der Waals surface area contributed by atoms with Crippen LogP contribution >= 0.6 is 0 Å². The first-order chi connectivity index (χ1) is 10.8. The second-order valence-corrected chi connectivity index (χ2v) is 5.29. The Morgan fingerprint density at radius 1 is 1.18 bits per heavy atom. The molecule has 0 aromatic heterocycles. The van der Waals surface area contributed by atoms with Gasteiger partial charge in [0.25, 0.3) is 0 Å². The second kappa shape index (κ2) is 6.24. The lowest BCUT2D eigenvalue weighted by molar-refractivity contribution is -0.474. The molecule has 1 N–H and O–H groups in total. The molecule has 0 saturated heterocycles. The van der Waals surface area contributed by atoms with Crippen LogP contribution in [0.2, 0.25) is 0 Å². The predicted octanol–water partition coefficient (Wildman–Crippen LogP) is 2.41. The van der Waals surface area contributed by atoms with Crippen molar-refractivity contribution in [1.29, 1.82) is 5.26 Å². The summed E-state index contributed by atoms with van der Waals surface area (Å²) in [6.07, 6.45) is 4.68. The third-order valence-electron chi connectivity index (χ3n) is 3.85. The van der Waals surface area contributed by atoms with E-state index in [-0.39, 0.29) is 0 Å². The smallest absolute Gasteiger partial charge is 0.187 e. The molecule has 2 nitrogen and oxygen atoms in total. The van der Waals surface area contributed by atoms with Crippen LogP contribution in [-0.4, -0.2) is 5.71 Å². The van der Waals surface area contributed by atoms with E-state index in [1.165, 1.54) is 16.8 Å². The zero-order valence-corrected chi connectivity index (χ0v) is 12.3. The highest BCUT2D eigenvalue weighted by Gasteiger charge is 2.26. The molecular formula is C20H17N2+. The van der Waals surface area contributed by atoms with Crippen molar-refractivity contribution in [3.8, 4) is 6.07 Å². The molecule has 0 unspecified atom stereocenters. The van der Waals surface area contributed by atoms with Crippen LogP contribution in [0.15, 0.2) is 67.3 Å². The summed E-state index contributed by atoms with van der Waals surface area (Å²) >= 11 is 0. The van der Waals surface area contributed by atoms with Crippen molar-refractivity contribution in [2.24, 2.45) is 0 Å². The van der Waals surface area contributed by atoms with Crippen molar-refractivity contribution in [1.82, 2.24) is 0 Å². The molecule has 2 heteroatoms. The Morgan fingerprint density at radius 2 is 2.00 bits per heavy atom. The first-order valence-corrected chi connectivity index (χ1v) is 7.32. The lowest BCUT2D eigenvalue weighted by Gasteiger charge is -1.99. The fourth-order valence-corrected chi connectivity index (χ4v) is 2.77. The maximum Gasteiger partial charge on any atom is 0.187 e. The maximum atomic E-state index is 9.09. The number of hydrogen-bond acceptors (Lipinski definition) is 1. The van der Waals surface area contributed by atoms with Crippen molar-refractivity contribution < 1.29 is 4.99 Å². The molecule has 0 heterocycles. The number of nitrogens with zero attached hydrogens (tertiary/aromatic N) is 1. The number of nitrogens with one attached hydrogen (secondary N) is 1. The predicted molar refractivity (Wildman–Crippen MR) is 89.2 cm³/mol. The van der Waals surface area contributed by atoms with Gasteiger partial charge in [0.05, 0.1) is 18.1 Å². The van der Waals surface area contributed by atoms with Gasteiger partial charge >= 0.3 is 0 Å². The van der Waals surface area contributed by atoms with Crippen LogP contribution in [0.1, 0.15) is 22.3 Å². The van der Waals surface area contributed by atoms with E-state index in [1.54, 1.807) is 6.08 Å². The van der Waals surface area contributed by atoms with Crippen LogP contribution in [0, 0.1) is 11.3 Å². The van der Waals surface area contributed by atoms with Gasteiger partial charge in [-0.15, -0.1) is 0 Å². The van der Waals surface area contributed by atoms with E-state index >= 15 is 0 Å². The van der Waals surface area contributed by atoms with Crippen molar-refractivity contribution in [3.63, 3.8) is 0 Å². The second-order valence-electron chi connectivity index (χ2n) is 5.29. The van der Waals surface area contributed by atoms with Crippen LogP contribution < -0.4 is 4.99 Å². The fourth-order valence-electron chi connectivity index (χ4n) is 2.77. The Labute approximate surface area is 130 Å². The van der Waals surface area contributed by atoms with Crippen LogP contribution in [0.5, 0.6) is 0 Å². The standard InChI is InChI=1S/C20H16N2/c1-2-6-18-19-11-16(13-21)9-10-17(19)12-20(18)22-14-15-7-4-3-5-8-15/h2-11H,1,12,14H2/p+1/b18-6-,22-20?. The monoisotopic (exact) mass is 285 g/mol. The van der Waals surface area contributed by atoms with Crippen molar-refractivity contribution >= 4 is 11.3 Å². The SMILES string of the molecule is C=C/C=C1\C(=[NH+]Cc2ccccc2)Cc2ccc(C#N)cc21. The van der Waals surface area contributed by atoms with Crippen LogP contribution in [-0.2, 0) is 13.0 Å². The molecule has 22 heavy (non-hydrogen) atoms. The van der Waals surface area contributed by atoms with Gasteiger partial charge in [0.1, 0.15) is 0 Å². The summed E-state index contributed by atoms with van der Waals surface area (Å²) in [5.41, 5.74) is 6.66. The van der Waals surface area contributed by atoms with Gasteiger partial charge in [-0.1, -0.05) is 49.1 Å². The van der Waals surface area contributed by atoms with Crippen molar-refractivity contribution in [2.45, 2.75) is 13.0 Å². The molecule has 1 aliphatic rings. The molecule has 0 saturated carbocycles. The highest BCUT2D eigenvalue weighted by atomic mass is 14.7. The van der Waals surface area contributed by atoms with E-state index < -0.39 is 0 Å². The molecule has 106 valence electrons. The first-order valence-electron chi connectivity index (χ1n) is 7.32. The zero-order valence-electron chi connectivity index (χ0n) is 12.3. The molecule has 0 amide bonds. The van der Waals surface area contributed by atoms with Crippen molar-refractivity contribution in [2.75, 3.05) is 0 Å². The van der Waals surface area contributed by atoms with Gasteiger partial charge in [0.2, 0.25) is 0 Å². The summed E-state index contributed by atoms with van der Waals surface area (Å²) in [6.45, 7) is 4.61. The van der Waals surface area contributed by atoms with Gasteiger partial charge in [-0.3, -0.25) is 0 Å². The fraction of sp³-hybridized carbons (Fsp3) is 0.100.